The van der Waals surface area contributed by atoms with Gasteiger partial charge in [-0.05, 0) is 53.3 Å². The van der Waals surface area contributed by atoms with Gasteiger partial charge in [0.15, 0.2) is 18.1 Å². The second kappa shape index (κ2) is 12.6. The summed E-state index contributed by atoms with van der Waals surface area (Å²) in [6.45, 7) is 8.28. The first-order valence-electron chi connectivity index (χ1n) is 12.2. The molecule has 0 unspecified atom stereocenters. The van der Waals surface area contributed by atoms with Crippen molar-refractivity contribution in [1.82, 2.24) is 5.32 Å². The largest absolute Gasteiger partial charge is 0.493 e. The lowest BCUT2D eigenvalue weighted by Gasteiger charge is -2.23. The highest BCUT2D eigenvalue weighted by atomic mass is 16.6. The van der Waals surface area contributed by atoms with Crippen LogP contribution in [0.25, 0.3) is 6.08 Å². The van der Waals surface area contributed by atoms with Crippen molar-refractivity contribution in [3.05, 3.63) is 94.6 Å². The third-order valence-corrected chi connectivity index (χ3v) is 5.67. The molecule has 0 spiro atoms. The number of benzene rings is 3. The molecule has 0 aliphatic rings. The van der Waals surface area contributed by atoms with E-state index in [-0.39, 0.29) is 29.1 Å². The number of methoxy groups -OCH3 is 1. The van der Waals surface area contributed by atoms with Crippen molar-refractivity contribution >= 4 is 18.0 Å². The van der Waals surface area contributed by atoms with Crippen LogP contribution in [0.3, 0.4) is 0 Å². The van der Waals surface area contributed by atoms with E-state index in [0.29, 0.717) is 17.9 Å². The van der Waals surface area contributed by atoms with Gasteiger partial charge in [-0.2, -0.15) is 5.26 Å². The summed E-state index contributed by atoms with van der Waals surface area (Å²) in [4.78, 5) is 25.1. The van der Waals surface area contributed by atoms with Crippen molar-refractivity contribution < 1.29 is 23.8 Å². The number of rotatable bonds is 9. The first-order valence-corrected chi connectivity index (χ1v) is 12.2. The van der Waals surface area contributed by atoms with Crippen molar-refractivity contribution in [2.24, 2.45) is 0 Å². The highest BCUT2D eigenvalue weighted by molar-refractivity contribution is 6.01. The molecule has 0 heterocycles. The molecule has 0 atom stereocenters. The van der Waals surface area contributed by atoms with Crippen LogP contribution in [0.15, 0.2) is 72.3 Å². The Hall–Kier alpha value is -4.57. The van der Waals surface area contributed by atoms with Crippen LogP contribution in [0, 0.1) is 18.3 Å². The molecule has 1 amide bonds. The van der Waals surface area contributed by atoms with Crippen LogP contribution in [-0.4, -0.2) is 25.6 Å². The molecule has 0 fully saturated rings. The smallest absolute Gasteiger partial charge is 0.349 e. The zero-order chi connectivity index (χ0) is 27.7. The topological polar surface area (TPSA) is 97.6 Å². The number of carbonyl (C=O) groups excluding carboxylic acids is 2. The molecule has 3 rings (SSSR count). The van der Waals surface area contributed by atoms with E-state index >= 15 is 0 Å². The second-order valence-corrected chi connectivity index (χ2v) is 9.76. The molecule has 3 aromatic carbocycles. The molecule has 196 valence electrons. The van der Waals surface area contributed by atoms with Crippen molar-refractivity contribution in [1.29, 1.82) is 5.26 Å². The van der Waals surface area contributed by atoms with Gasteiger partial charge < -0.3 is 19.5 Å². The predicted molar refractivity (Wildman–Crippen MR) is 146 cm³/mol. The van der Waals surface area contributed by atoms with Crippen LogP contribution >= 0.6 is 0 Å². The minimum absolute atomic E-state index is 0.0612. The van der Waals surface area contributed by atoms with Gasteiger partial charge in [-0.3, -0.25) is 4.79 Å². The molecule has 7 nitrogen and oxygen atoms in total. The lowest BCUT2D eigenvalue weighted by Crippen LogP contribution is -2.23. The fraction of sp³-hybridized carbons (Fsp3) is 0.258. The maximum Gasteiger partial charge on any atom is 0.349 e. The summed E-state index contributed by atoms with van der Waals surface area (Å²) < 4.78 is 16.6. The molecule has 0 aliphatic heterocycles. The molecule has 0 bridgehead atoms. The Morgan fingerprint density at radius 1 is 0.974 bits per heavy atom. The third-order valence-electron chi connectivity index (χ3n) is 5.67. The lowest BCUT2D eigenvalue weighted by molar-refractivity contribution is -0.136. The standard InChI is InChI=1S/C31H32N2O5/c1-21-11-13-26(25(15-21)31(2,3)4)37-20-29(34)38-27-14-12-23(17-28(27)36-5)16-24(18-32)30(35)33-19-22-9-7-6-8-10-22/h6-17H,19-20H2,1-5H3,(H,33,35). The lowest BCUT2D eigenvalue weighted by atomic mass is 9.85. The number of ether oxygens (including phenoxy) is 3. The summed E-state index contributed by atoms with van der Waals surface area (Å²) in [5.74, 6) is 0.0193. The minimum atomic E-state index is -0.593. The Kier molecular flexibility index (Phi) is 9.28. The number of nitrogens with zero attached hydrogens (tertiary/aromatic N) is 1. The average molecular weight is 513 g/mol. The van der Waals surface area contributed by atoms with Gasteiger partial charge in [0, 0.05) is 6.54 Å². The van der Waals surface area contributed by atoms with Gasteiger partial charge in [0.1, 0.15) is 17.4 Å². The summed E-state index contributed by atoms with van der Waals surface area (Å²) >= 11 is 0. The highest BCUT2D eigenvalue weighted by Crippen LogP contribution is 2.33. The number of hydrogen-bond donors (Lipinski definition) is 1. The van der Waals surface area contributed by atoms with Crippen LogP contribution in [0.1, 0.15) is 43.0 Å². The van der Waals surface area contributed by atoms with E-state index in [0.717, 1.165) is 16.7 Å². The van der Waals surface area contributed by atoms with Gasteiger partial charge >= 0.3 is 5.97 Å². The number of carbonyl (C=O) groups is 2. The molecule has 3 aromatic rings. The number of aryl methyl sites for hydroxylation is 1. The van der Waals surface area contributed by atoms with Crippen molar-refractivity contribution in [3.8, 4) is 23.3 Å². The molecule has 0 aliphatic carbocycles. The predicted octanol–water partition coefficient (Wildman–Crippen LogP) is 5.51. The maximum absolute atomic E-state index is 12.6. The quantitative estimate of drug-likeness (QED) is 0.176. The third kappa shape index (κ3) is 7.71. The van der Waals surface area contributed by atoms with Crippen LogP contribution < -0.4 is 19.5 Å². The van der Waals surface area contributed by atoms with E-state index in [1.165, 1.54) is 13.2 Å². The first kappa shape index (κ1) is 28.0. The molecule has 0 saturated carbocycles. The zero-order valence-corrected chi connectivity index (χ0v) is 22.3. The van der Waals surface area contributed by atoms with Crippen LogP contribution in [0.5, 0.6) is 17.2 Å². The summed E-state index contributed by atoms with van der Waals surface area (Å²) in [5.41, 5.74) is 3.36. The Labute approximate surface area is 223 Å². The molecule has 7 heteroatoms. The summed E-state index contributed by atoms with van der Waals surface area (Å²) in [6, 6.07) is 21.9. The summed E-state index contributed by atoms with van der Waals surface area (Å²) in [5, 5.41) is 12.2. The molecule has 1 N–H and O–H groups in total. The van der Waals surface area contributed by atoms with Gasteiger partial charge in [-0.25, -0.2) is 4.79 Å². The zero-order valence-electron chi connectivity index (χ0n) is 22.3. The van der Waals surface area contributed by atoms with E-state index in [1.54, 1.807) is 18.2 Å². The van der Waals surface area contributed by atoms with Crippen LogP contribution in [0.4, 0.5) is 0 Å². The monoisotopic (exact) mass is 512 g/mol. The minimum Gasteiger partial charge on any atom is -0.493 e. The normalized spacial score (nSPS) is 11.3. The van der Waals surface area contributed by atoms with Gasteiger partial charge in [0.25, 0.3) is 5.91 Å². The van der Waals surface area contributed by atoms with Gasteiger partial charge in [0.05, 0.1) is 7.11 Å². The number of esters is 1. The van der Waals surface area contributed by atoms with Crippen LogP contribution in [0.2, 0.25) is 0 Å². The summed E-state index contributed by atoms with van der Waals surface area (Å²) in [7, 11) is 1.44. The van der Waals surface area contributed by atoms with E-state index in [9.17, 15) is 14.9 Å². The van der Waals surface area contributed by atoms with Crippen molar-refractivity contribution in [3.63, 3.8) is 0 Å². The second-order valence-electron chi connectivity index (χ2n) is 9.76. The fourth-order valence-electron chi connectivity index (χ4n) is 3.69. The van der Waals surface area contributed by atoms with Crippen molar-refractivity contribution in [2.75, 3.05) is 13.7 Å². The number of hydrogen-bond acceptors (Lipinski definition) is 6. The van der Waals surface area contributed by atoms with Gasteiger partial charge in [-0.1, -0.05) is 74.9 Å². The van der Waals surface area contributed by atoms with E-state index in [4.69, 9.17) is 14.2 Å². The molecular formula is C31H32N2O5. The number of nitriles is 1. The SMILES string of the molecule is COc1cc(C=C(C#N)C(=O)NCc2ccccc2)ccc1OC(=O)COc1ccc(C)cc1C(C)(C)C. The molecular weight excluding hydrogens is 480 g/mol. The maximum atomic E-state index is 12.6. The van der Waals surface area contributed by atoms with E-state index in [1.807, 2.05) is 61.5 Å². The Morgan fingerprint density at radius 2 is 1.68 bits per heavy atom. The van der Waals surface area contributed by atoms with Gasteiger partial charge in [0.2, 0.25) is 0 Å². The molecule has 38 heavy (non-hydrogen) atoms. The van der Waals surface area contributed by atoms with E-state index < -0.39 is 11.9 Å². The first-order chi connectivity index (χ1) is 18.1. The summed E-state index contributed by atoms with van der Waals surface area (Å²) in [6.07, 6.45) is 1.45. The van der Waals surface area contributed by atoms with Gasteiger partial charge in [-0.15, -0.1) is 0 Å². The number of nitrogens with one attached hydrogen (secondary N) is 1. The Morgan fingerprint density at radius 3 is 2.34 bits per heavy atom. The number of amides is 1. The molecule has 0 aromatic heterocycles. The van der Waals surface area contributed by atoms with Crippen LogP contribution in [-0.2, 0) is 21.5 Å². The average Bonchev–Trinajstić information content (AvgIpc) is 2.90. The molecule has 0 radical (unpaired) electrons. The highest BCUT2D eigenvalue weighted by Gasteiger charge is 2.20. The van der Waals surface area contributed by atoms with Crippen molar-refractivity contribution in [2.45, 2.75) is 39.7 Å². The fourth-order valence-corrected chi connectivity index (χ4v) is 3.69. The Bertz CT molecular complexity index is 1370. The van der Waals surface area contributed by atoms with E-state index in [2.05, 4.69) is 26.1 Å². The Balaban J connectivity index is 1.67. The molecule has 0 saturated heterocycles.